The lowest BCUT2D eigenvalue weighted by Crippen LogP contribution is -2.24. The average Bonchev–Trinajstić information content (AvgIpc) is 2.29. The lowest BCUT2D eigenvalue weighted by atomic mass is 10.2. The van der Waals surface area contributed by atoms with Crippen molar-refractivity contribution < 1.29 is 14.3 Å². The first-order valence-electron chi connectivity index (χ1n) is 5.12. The molecule has 0 amide bonds. The van der Waals surface area contributed by atoms with Gasteiger partial charge in [-0.3, -0.25) is 19.4 Å². The number of H-pyrrole nitrogens is 2. The molecule has 0 saturated heterocycles. The summed E-state index contributed by atoms with van der Waals surface area (Å²) in [6.45, 7) is 0.880. The minimum absolute atomic E-state index is 0.192. The lowest BCUT2D eigenvalue weighted by molar-refractivity contribution is -0.144. The third-order valence-electron chi connectivity index (χ3n) is 1.96. The first kappa shape index (κ1) is 13.6. The molecule has 0 fully saturated rings. The van der Waals surface area contributed by atoms with E-state index in [1.807, 2.05) is 0 Å². The SMILES string of the molecule is CC(=O)OCC(=O)/C=C/Cc1c[nH]c(=O)[nH]c1=O. The molecule has 2 N–H and O–H groups in total. The Morgan fingerprint density at radius 3 is 2.72 bits per heavy atom. The molecular weight excluding hydrogens is 240 g/mol. The Morgan fingerprint density at radius 2 is 2.11 bits per heavy atom. The van der Waals surface area contributed by atoms with Gasteiger partial charge in [0.15, 0.2) is 12.4 Å². The monoisotopic (exact) mass is 252 g/mol. The van der Waals surface area contributed by atoms with Gasteiger partial charge in [-0.2, -0.15) is 0 Å². The van der Waals surface area contributed by atoms with Gasteiger partial charge in [-0.1, -0.05) is 6.08 Å². The second-order valence-corrected chi connectivity index (χ2v) is 3.45. The number of hydrogen-bond acceptors (Lipinski definition) is 5. The Hall–Kier alpha value is -2.44. The number of aromatic amines is 2. The zero-order chi connectivity index (χ0) is 13.5. The Morgan fingerprint density at radius 1 is 1.39 bits per heavy atom. The summed E-state index contributed by atoms with van der Waals surface area (Å²) < 4.78 is 4.49. The number of aromatic nitrogens is 2. The Labute approximate surface area is 101 Å². The molecule has 7 heteroatoms. The van der Waals surface area contributed by atoms with E-state index >= 15 is 0 Å². The van der Waals surface area contributed by atoms with Crippen LogP contribution in [0.1, 0.15) is 12.5 Å². The van der Waals surface area contributed by atoms with Gasteiger partial charge in [0, 0.05) is 18.7 Å². The Bertz CT molecular complexity index is 582. The van der Waals surface area contributed by atoms with Crippen LogP contribution in [0.15, 0.2) is 27.9 Å². The third kappa shape index (κ3) is 4.60. The summed E-state index contributed by atoms with van der Waals surface area (Å²) in [6.07, 6.45) is 4.14. The molecular formula is C11H12N2O5. The number of carbonyl (C=O) groups excluding carboxylic acids is 2. The maximum atomic E-state index is 11.3. The van der Waals surface area contributed by atoms with Crippen molar-refractivity contribution in [1.82, 2.24) is 9.97 Å². The first-order chi connectivity index (χ1) is 8.49. The summed E-state index contributed by atoms with van der Waals surface area (Å²) in [6, 6.07) is 0. The van der Waals surface area contributed by atoms with E-state index in [9.17, 15) is 19.2 Å². The van der Waals surface area contributed by atoms with Crippen molar-refractivity contribution in [2.45, 2.75) is 13.3 Å². The molecule has 1 rings (SSSR count). The molecule has 0 aliphatic carbocycles. The molecule has 0 bridgehead atoms. The van der Waals surface area contributed by atoms with Crippen LogP contribution < -0.4 is 11.2 Å². The molecule has 0 unspecified atom stereocenters. The zero-order valence-electron chi connectivity index (χ0n) is 9.69. The average molecular weight is 252 g/mol. The van der Waals surface area contributed by atoms with Crippen LogP contribution in [-0.4, -0.2) is 28.3 Å². The van der Waals surface area contributed by atoms with Gasteiger partial charge in [-0.25, -0.2) is 4.79 Å². The minimum atomic E-state index is -0.585. The number of allylic oxidation sites excluding steroid dienone is 1. The summed E-state index contributed by atoms with van der Waals surface area (Å²) in [5.74, 6) is -0.917. The lowest BCUT2D eigenvalue weighted by Gasteiger charge is -1.96. The molecule has 0 aromatic carbocycles. The topological polar surface area (TPSA) is 109 Å². The standard InChI is InChI=1S/C11H12N2O5/c1-7(14)18-6-9(15)4-2-3-8-5-12-11(17)13-10(8)16/h2,4-5H,3,6H2,1H3,(H2,12,13,16,17)/b4-2+. The highest BCUT2D eigenvalue weighted by atomic mass is 16.5. The van der Waals surface area contributed by atoms with Gasteiger partial charge in [0.05, 0.1) is 0 Å². The fraction of sp³-hybridized carbons (Fsp3) is 0.273. The Kier molecular flexibility index (Phi) is 4.79. The third-order valence-corrected chi connectivity index (χ3v) is 1.96. The van der Waals surface area contributed by atoms with Crippen LogP contribution >= 0.6 is 0 Å². The summed E-state index contributed by atoms with van der Waals surface area (Å²) in [7, 11) is 0. The van der Waals surface area contributed by atoms with Crippen molar-refractivity contribution in [2.75, 3.05) is 6.61 Å². The van der Waals surface area contributed by atoms with Crippen molar-refractivity contribution in [3.63, 3.8) is 0 Å². The number of hydrogen-bond donors (Lipinski definition) is 2. The second kappa shape index (κ2) is 6.33. The van der Waals surface area contributed by atoms with Crippen molar-refractivity contribution in [3.8, 4) is 0 Å². The predicted molar refractivity (Wildman–Crippen MR) is 62.2 cm³/mol. The van der Waals surface area contributed by atoms with Gasteiger partial charge < -0.3 is 9.72 Å². The molecule has 0 saturated carbocycles. The van der Waals surface area contributed by atoms with E-state index in [4.69, 9.17) is 0 Å². The Balaban J connectivity index is 2.54. The fourth-order valence-corrected chi connectivity index (χ4v) is 1.13. The fourth-order valence-electron chi connectivity index (χ4n) is 1.13. The number of ether oxygens (including phenoxy) is 1. The zero-order valence-corrected chi connectivity index (χ0v) is 9.69. The van der Waals surface area contributed by atoms with E-state index in [-0.39, 0.29) is 18.8 Å². The van der Waals surface area contributed by atoms with Crippen LogP contribution in [0, 0.1) is 0 Å². The van der Waals surface area contributed by atoms with E-state index < -0.39 is 17.2 Å². The van der Waals surface area contributed by atoms with Crippen LogP contribution in [0.4, 0.5) is 0 Å². The molecule has 18 heavy (non-hydrogen) atoms. The summed E-state index contributed by atoms with van der Waals surface area (Å²) in [5, 5.41) is 0. The molecule has 0 aliphatic rings. The molecule has 1 heterocycles. The van der Waals surface area contributed by atoms with Crippen LogP contribution in [0.5, 0.6) is 0 Å². The minimum Gasteiger partial charge on any atom is -0.457 e. The van der Waals surface area contributed by atoms with Crippen molar-refractivity contribution in [2.24, 2.45) is 0 Å². The van der Waals surface area contributed by atoms with E-state index in [2.05, 4.69) is 14.7 Å². The predicted octanol–water partition coefficient (Wildman–Crippen LogP) is -0.706. The summed E-state index contributed by atoms with van der Waals surface area (Å²) in [5.41, 5.74) is -0.763. The quantitative estimate of drug-likeness (QED) is 0.531. The van der Waals surface area contributed by atoms with Crippen LogP contribution in [-0.2, 0) is 20.7 Å². The number of ketones is 1. The van der Waals surface area contributed by atoms with Gasteiger partial charge in [0.25, 0.3) is 5.56 Å². The largest absolute Gasteiger partial charge is 0.457 e. The highest BCUT2D eigenvalue weighted by molar-refractivity contribution is 5.91. The smallest absolute Gasteiger partial charge is 0.325 e. The molecule has 0 spiro atoms. The number of carbonyl (C=O) groups is 2. The van der Waals surface area contributed by atoms with Gasteiger partial charge in [0.1, 0.15) is 0 Å². The molecule has 0 atom stereocenters. The molecule has 7 nitrogen and oxygen atoms in total. The van der Waals surface area contributed by atoms with E-state index in [1.165, 1.54) is 25.3 Å². The number of rotatable bonds is 5. The maximum Gasteiger partial charge on any atom is 0.325 e. The molecule has 0 radical (unpaired) electrons. The van der Waals surface area contributed by atoms with Gasteiger partial charge in [-0.05, 0) is 12.5 Å². The van der Waals surface area contributed by atoms with Gasteiger partial charge in [0.2, 0.25) is 0 Å². The first-order valence-corrected chi connectivity index (χ1v) is 5.12. The number of nitrogens with one attached hydrogen (secondary N) is 2. The molecule has 1 aromatic rings. The van der Waals surface area contributed by atoms with Gasteiger partial charge in [-0.15, -0.1) is 0 Å². The molecule has 96 valence electrons. The van der Waals surface area contributed by atoms with E-state index in [0.717, 1.165) is 0 Å². The molecule has 0 aliphatic heterocycles. The van der Waals surface area contributed by atoms with Crippen molar-refractivity contribution in [3.05, 3.63) is 44.8 Å². The van der Waals surface area contributed by atoms with Gasteiger partial charge >= 0.3 is 11.7 Å². The van der Waals surface area contributed by atoms with E-state index in [0.29, 0.717) is 5.56 Å². The number of esters is 1. The highest BCUT2D eigenvalue weighted by Crippen LogP contribution is 1.90. The van der Waals surface area contributed by atoms with Crippen LogP contribution in [0.25, 0.3) is 0 Å². The van der Waals surface area contributed by atoms with Crippen molar-refractivity contribution in [1.29, 1.82) is 0 Å². The van der Waals surface area contributed by atoms with E-state index in [1.54, 1.807) is 0 Å². The van der Waals surface area contributed by atoms with Crippen LogP contribution in [0.3, 0.4) is 0 Å². The normalized spacial score (nSPS) is 10.5. The highest BCUT2D eigenvalue weighted by Gasteiger charge is 2.00. The molecule has 1 aromatic heterocycles. The maximum absolute atomic E-state index is 11.3. The summed E-state index contributed by atoms with van der Waals surface area (Å²) in [4.78, 5) is 48.0. The second-order valence-electron chi connectivity index (χ2n) is 3.45. The van der Waals surface area contributed by atoms with Crippen LogP contribution in [0.2, 0.25) is 0 Å². The summed E-state index contributed by atoms with van der Waals surface area (Å²) >= 11 is 0. The van der Waals surface area contributed by atoms with Crippen molar-refractivity contribution >= 4 is 11.8 Å².